The van der Waals surface area contributed by atoms with Gasteiger partial charge in [0.05, 0.1) is 6.10 Å². The number of aliphatic hydroxyl groups is 1. The first-order valence-electron chi connectivity index (χ1n) is 5.04. The van der Waals surface area contributed by atoms with Crippen LogP contribution in [0.25, 0.3) is 0 Å². The molecule has 0 aliphatic rings. The summed E-state index contributed by atoms with van der Waals surface area (Å²) in [5, 5.41) is 12.6. The Morgan fingerprint density at radius 1 is 1.50 bits per heavy atom. The van der Waals surface area contributed by atoms with Crippen LogP contribution in [0.5, 0.6) is 0 Å². The van der Waals surface area contributed by atoms with Crippen molar-refractivity contribution in [3.05, 3.63) is 35.6 Å². The molecule has 0 heterocycles. The highest BCUT2D eigenvalue weighted by Gasteiger charge is 2.11. The van der Waals surface area contributed by atoms with Crippen LogP contribution < -0.4 is 5.32 Å². The highest BCUT2D eigenvalue weighted by molar-refractivity contribution is 7.84. The first-order valence-corrected chi connectivity index (χ1v) is 6.77. The summed E-state index contributed by atoms with van der Waals surface area (Å²) in [6.07, 6.45) is 0.751. The molecule has 16 heavy (non-hydrogen) atoms. The minimum atomic E-state index is -0.869. The molecule has 90 valence electrons. The van der Waals surface area contributed by atoms with Gasteiger partial charge in [0.25, 0.3) is 0 Å². The summed E-state index contributed by atoms with van der Waals surface area (Å²) in [5.41, 5.74) is 0.285. The molecule has 0 saturated heterocycles. The maximum atomic E-state index is 13.2. The lowest BCUT2D eigenvalue weighted by Gasteiger charge is -2.12. The zero-order valence-electron chi connectivity index (χ0n) is 9.15. The van der Waals surface area contributed by atoms with E-state index in [0.29, 0.717) is 12.3 Å². The molecule has 1 aromatic carbocycles. The van der Waals surface area contributed by atoms with Crippen LogP contribution in [0.15, 0.2) is 24.3 Å². The largest absolute Gasteiger partial charge is 0.387 e. The molecule has 0 bridgehead atoms. The van der Waals surface area contributed by atoms with Gasteiger partial charge < -0.3 is 10.4 Å². The minimum absolute atomic E-state index is 0.262. The molecule has 0 amide bonds. The van der Waals surface area contributed by atoms with Crippen molar-refractivity contribution in [2.75, 3.05) is 25.1 Å². The first-order chi connectivity index (χ1) is 7.61. The van der Waals surface area contributed by atoms with Crippen LogP contribution in [0.1, 0.15) is 11.7 Å². The molecule has 1 aromatic rings. The van der Waals surface area contributed by atoms with E-state index < -0.39 is 22.7 Å². The van der Waals surface area contributed by atoms with Crippen LogP contribution in [0.2, 0.25) is 0 Å². The van der Waals surface area contributed by atoms with Crippen molar-refractivity contribution in [1.82, 2.24) is 5.32 Å². The number of benzene rings is 1. The Kier molecular flexibility index (Phi) is 5.59. The highest BCUT2D eigenvalue weighted by atomic mass is 32.2. The van der Waals surface area contributed by atoms with Crippen LogP contribution in [-0.2, 0) is 10.8 Å². The molecular formula is C11H16FNO2S. The van der Waals surface area contributed by atoms with Gasteiger partial charge in [0.1, 0.15) is 5.82 Å². The molecule has 5 heteroatoms. The van der Waals surface area contributed by atoms with E-state index >= 15 is 0 Å². The first kappa shape index (κ1) is 13.3. The Balaban J connectivity index is 2.38. The number of halogens is 1. The summed E-state index contributed by atoms with van der Waals surface area (Å²) in [6, 6.07) is 6.14. The standard InChI is InChI=1S/C11H16FNO2S/c1-16(15)7-6-13-8-11(14)9-4-2-3-5-10(9)12/h2-5,11,13-14H,6-8H2,1H3. The van der Waals surface area contributed by atoms with E-state index in [9.17, 15) is 13.7 Å². The van der Waals surface area contributed by atoms with E-state index in [0.717, 1.165) is 0 Å². The summed E-state index contributed by atoms with van der Waals surface area (Å²) in [7, 11) is -0.847. The SMILES string of the molecule is CS(=O)CCNCC(O)c1ccccc1F. The molecular weight excluding hydrogens is 229 g/mol. The van der Waals surface area contributed by atoms with Gasteiger partial charge in [-0.1, -0.05) is 18.2 Å². The van der Waals surface area contributed by atoms with Gasteiger partial charge in [0.2, 0.25) is 0 Å². The van der Waals surface area contributed by atoms with Crippen LogP contribution in [0, 0.1) is 5.82 Å². The Morgan fingerprint density at radius 2 is 2.19 bits per heavy atom. The van der Waals surface area contributed by atoms with Crippen LogP contribution in [-0.4, -0.2) is 34.4 Å². The Bertz CT molecular complexity index is 360. The summed E-state index contributed by atoms with van der Waals surface area (Å²) in [6.45, 7) is 0.812. The fraction of sp³-hybridized carbons (Fsp3) is 0.455. The van der Waals surface area contributed by atoms with Crippen molar-refractivity contribution in [3.8, 4) is 0 Å². The number of aliphatic hydroxyl groups excluding tert-OH is 1. The fourth-order valence-electron chi connectivity index (χ4n) is 1.31. The van der Waals surface area contributed by atoms with Crippen molar-refractivity contribution < 1.29 is 13.7 Å². The smallest absolute Gasteiger partial charge is 0.129 e. The van der Waals surface area contributed by atoms with Crippen molar-refractivity contribution in [2.45, 2.75) is 6.10 Å². The van der Waals surface area contributed by atoms with Crippen LogP contribution in [0.3, 0.4) is 0 Å². The van der Waals surface area contributed by atoms with E-state index in [4.69, 9.17) is 0 Å². The van der Waals surface area contributed by atoms with Gasteiger partial charge >= 0.3 is 0 Å². The molecule has 0 saturated carbocycles. The highest BCUT2D eigenvalue weighted by Crippen LogP contribution is 2.15. The van der Waals surface area contributed by atoms with Gasteiger partial charge in [-0.3, -0.25) is 4.21 Å². The maximum absolute atomic E-state index is 13.2. The fourth-order valence-corrected chi connectivity index (χ4v) is 1.74. The summed E-state index contributed by atoms with van der Waals surface area (Å²) in [5.74, 6) is 0.125. The quantitative estimate of drug-likeness (QED) is 0.730. The number of hydrogen-bond acceptors (Lipinski definition) is 3. The van der Waals surface area contributed by atoms with E-state index in [1.54, 1.807) is 24.5 Å². The second-order valence-electron chi connectivity index (χ2n) is 3.52. The van der Waals surface area contributed by atoms with Gasteiger partial charge in [-0.25, -0.2) is 4.39 Å². The van der Waals surface area contributed by atoms with E-state index in [2.05, 4.69) is 5.32 Å². The molecule has 0 spiro atoms. The lowest BCUT2D eigenvalue weighted by molar-refractivity contribution is 0.171. The van der Waals surface area contributed by atoms with Crippen molar-refractivity contribution in [3.63, 3.8) is 0 Å². The molecule has 2 unspecified atom stereocenters. The molecule has 2 N–H and O–H groups in total. The van der Waals surface area contributed by atoms with E-state index in [-0.39, 0.29) is 12.1 Å². The maximum Gasteiger partial charge on any atom is 0.129 e. The summed E-state index contributed by atoms with van der Waals surface area (Å²) < 4.78 is 24.0. The third kappa shape index (κ3) is 4.38. The van der Waals surface area contributed by atoms with Gasteiger partial charge in [0.15, 0.2) is 0 Å². The number of nitrogens with one attached hydrogen (secondary N) is 1. The molecule has 1 rings (SSSR count). The molecule has 0 aromatic heterocycles. The molecule has 2 atom stereocenters. The average Bonchev–Trinajstić information content (AvgIpc) is 2.24. The summed E-state index contributed by atoms with van der Waals surface area (Å²) in [4.78, 5) is 0. The Hall–Kier alpha value is -0.780. The molecule has 0 fully saturated rings. The van der Waals surface area contributed by atoms with Crippen molar-refractivity contribution >= 4 is 10.8 Å². The third-order valence-electron chi connectivity index (χ3n) is 2.17. The predicted octanol–water partition coefficient (Wildman–Crippen LogP) is 0.827. The van der Waals surface area contributed by atoms with E-state index in [1.165, 1.54) is 6.07 Å². The van der Waals surface area contributed by atoms with E-state index in [1.807, 2.05) is 0 Å². The van der Waals surface area contributed by atoms with Crippen molar-refractivity contribution in [2.24, 2.45) is 0 Å². The molecule has 3 nitrogen and oxygen atoms in total. The predicted molar refractivity (Wildman–Crippen MR) is 63.2 cm³/mol. The monoisotopic (exact) mass is 245 g/mol. The summed E-state index contributed by atoms with van der Waals surface area (Å²) >= 11 is 0. The van der Waals surface area contributed by atoms with Gasteiger partial charge in [-0.2, -0.15) is 0 Å². The third-order valence-corrected chi connectivity index (χ3v) is 2.95. The lowest BCUT2D eigenvalue weighted by Crippen LogP contribution is -2.26. The lowest BCUT2D eigenvalue weighted by atomic mass is 10.1. The molecule has 0 aliphatic carbocycles. The van der Waals surface area contributed by atoms with Gasteiger partial charge in [-0.05, 0) is 6.07 Å². The average molecular weight is 245 g/mol. The normalized spacial score (nSPS) is 14.7. The van der Waals surface area contributed by atoms with Gasteiger partial charge in [-0.15, -0.1) is 0 Å². The molecule has 0 aliphatic heterocycles. The Labute approximate surface area is 97.1 Å². The van der Waals surface area contributed by atoms with Crippen LogP contribution >= 0.6 is 0 Å². The second-order valence-corrected chi connectivity index (χ2v) is 5.07. The Morgan fingerprint density at radius 3 is 2.81 bits per heavy atom. The second kappa shape index (κ2) is 6.73. The number of rotatable bonds is 6. The van der Waals surface area contributed by atoms with Crippen molar-refractivity contribution in [1.29, 1.82) is 0 Å². The number of hydrogen-bond donors (Lipinski definition) is 2. The zero-order valence-corrected chi connectivity index (χ0v) is 9.97. The van der Waals surface area contributed by atoms with Gasteiger partial charge in [0, 0.05) is 41.5 Å². The topological polar surface area (TPSA) is 49.3 Å². The molecule has 0 radical (unpaired) electrons. The zero-order chi connectivity index (χ0) is 12.0. The minimum Gasteiger partial charge on any atom is -0.387 e. The van der Waals surface area contributed by atoms with Crippen LogP contribution in [0.4, 0.5) is 4.39 Å².